The van der Waals surface area contributed by atoms with Crippen LogP contribution in [0.15, 0.2) is 0 Å². The number of hydrogen-bond acceptors (Lipinski definition) is 4. The zero-order chi connectivity index (χ0) is 10.7. The fourth-order valence-corrected chi connectivity index (χ4v) is 2.47. The SMILES string of the molecule is CCN1CCN(C2COCCC2O)CC1. The number of likely N-dealkylation sites (N-methyl/N-ethyl adjacent to an activating group) is 1. The molecule has 2 unspecified atom stereocenters. The van der Waals surface area contributed by atoms with E-state index in [1.54, 1.807) is 0 Å². The number of rotatable bonds is 2. The summed E-state index contributed by atoms with van der Waals surface area (Å²) in [6.45, 7) is 9.14. The fourth-order valence-electron chi connectivity index (χ4n) is 2.47. The van der Waals surface area contributed by atoms with Crippen LogP contribution in [0.4, 0.5) is 0 Å². The molecule has 1 N–H and O–H groups in total. The minimum absolute atomic E-state index is 0.188. The first-order chi connectivity index (χ1) is 7.31. The summed E-state index contributed by atoms with van der Waals surface area (Å²) in [5.74, 6) is 0. The minimum atomic E-state index is -0.188. The summed E-state index contributed by atoms with van der Waals surface area (Å²) >= 11 is 0. The van der Waals surface area contributed by atoms with Crippen LogP contribution in [0.3, 0.4) is 0 Å². The van der Waals surface area contributed by atoms with Crippen LogP contribution in [0.5, 0.6) is 0 Å². The van der Waals surface area contributed by atoms with E-state index >= 15 is 0 Å². The van der Waals surface area contributed by atoms with Gasteiger partial charge in [-0.25, -0.2) is 0 Å². The molecule has 0 radical (unpaired) electrons. The van der Waals surface area contributed by atoms with Gasteiger partial charge in [-0.15, -0.1) is 0 Å². The van der Waals surface area contributed by atoms with Crippen molar-refractivity contribution in [3.05, 3.63) is 0 Å². The van der Waals surface area contributed by atoms with Crippen LogP contribution in [0.1, 0.15) is 13.3 Å². The molecule has 2 aliphatic rings. The smallest absolute Gasteiger partial charge is 0.0739 e. The standard InChI is InChI=1S/C11H22N2O2/c1-2-12-4-6-13(7-5-12)10-9-15-8-3-11(10)14/h10-11,14H,2-9H2,1H3. The predicted molar refractivity (Wildman–Crippen MR) is 58.9 cm³/mol. The Bertz CT molecular complexity index is 193. The first kappa shape index (κ1) is 11.3. The van der Waals surface area contributed by atoms with Crippen LogP contribution < -0.4 is 0 Å². The van der Waals surface area contributed by atoms with Crippen LogP contribution in [-0.2, 0) is 4.74 Å². The summed E-state index contributed by atoms with van der Waals surface area (Å²) in [4.78, 5) is 4.84. The average molecular weight is 214 g/mol. The average Bonchev–Trinajstić information content (AvgIpc) is 2.30. The topological polar surface area (TPSA) is 35.9 Å². The molecule has 0 aromatic carbocycles. The molecule has 0 aliphatic carbocycles. The molecule has 0 amide bonds. The molecule has 0 bridgehead atoms. The lowest BCUT2D eigenvalue weighted by Crippen LogP contribution is -2.56. The molecule has 0 saturated carbocycles. The minimum Gasteiger partial charge on any atom is -0.391 e. The molecular weight excluding hydrogens is 192 g/mol. The van der Waals surface area contributed by atoms with E-state index in [2.05, 4.69) is 16.7 Å². The number of ether oxygens (including phenoxy) is 1. The van der Waals surface area contributed by atoms with Crippen molar-refractivity contribution < 1.29 is 9.84 Å². The second-order valence-electron chi connectivity index (χ2n) is 4.47. The first-order valence-electron chi connectivity index (χ1n) is 6.03. The van der Waals surface area contributed by atoms with Crippen LogP contribution in [0.2, 0.25) is 0 Å². The van der Waals surface area contributed by atoms with Crippen molar-refractivity contribution >= 4 is 0 Å². The lowest BCUT2D eigenvalue weighted by atomic mass is 10.0. The molecular formula is C11H22N2O2. The van der Waals surface area contributed by atoms with E-state index in [-0.39, 0.29) is 12.1 Å². The Morgan fingerprint density at radius 1 is 1.27 bits per heavy atom. The molecule has 4 heteroatoms. The lowest BCUT2D eigenvalue weighted by Gasteiger charge is -2.42. The van der Waals surface area contributed by atoms with Crippen molar-refractivity contribution in [1.82, 2.24) is 9.80 Å². The van der Waals surface area contributed by atoms with Gasteiger partial charge in [-0.05, 0) is 13.0 Å². The lowest BCUT2D eigenvalue weighted by molar-refractivity contribution is -0.0713. The zero-order valence-electron chi connectivity index (χ0n) is 9.56. The van der Waals surface area contributed by atoms with Gasteiger partial charge in [0.25, 0.3) is 0 Å². The number of aliphatic hydroxyl groups excluding tert-OH is 1. The Morgan fingerprint density at radius 3 is 2.60 bits per heavy atom. The molecule has 88 valence electrons. The van der Waals surface area contributed by atoms with E-state index in [9.17, 15) is 5.11 Å². The number of nitrogens with zero attached hydrogens (tertiary/aromatic N) is 2. The molecule has 2 heterocycles. The van der Waals surface area contributed by atoms with Gasteiger partial charge in [0.05, 0.1) is 18.8 Å². The fraction of sp³-hybridized carbons (Fsp3) is 1.00. The normalized spacial score (nSPS) is 35.6. The highest BCUT2D eigenvalue weighted by Gasteiger charge is 2.31. The van der Waals surface area contributed by atoms with Gasteiger partial charge in [-0.3, -0.25) is 4.90 Å². The van der Waals surface area contributed by atoms with Crippen molar-refractivity contribution in [2.45, 2.75) is 25.5 Å². The highest BCUT2D eigenvalue weighted by Crippen LogP contribution is 2.16. The summed E-state index contributed by atoms with van der Waals surface area (Å²) in [6.07, 6.45) is 0.602. The van der Waals surface area contributed by atoms with Crippen LogP contribution in [0.25, 0.3) is 0 Å². The monoisotopic (exact) mass is 214 g/mol. The van der Waals surface area contributed by atoms with Gasteiger partial charge in [0, 0.05) is 32.8 Å². The third-order valence-corrected chi connectivity index (χ3v) is 3.61. The van der Waals surface area contributed by atoms with Gasteiger partial charge in [0.15, 0.2) is 0 Å². The van der Waals surface area contributed by atoms with Crippen molar-refractivity contribution in [3.63, 3.8) is 0 Å². The maximum absolute atomic E-state index is 9.91. The van der Waals surface area contributed by atoms with Crippen molar-refractivity contribution in [2.24, 2.45) is 0 Å². The summed E-state index contributed by atoms with van der Waals surface area (Å²) < 4.78 is 5.44. The van der Waals surface area contributed by atoms with Crippen molar-refractivity contribution in [1.29, 1.82) is 0 Å². The molecule has 0 aromatic heterocycles. The summed E-state index contributed by atoms with van der Waals surface area (Å²) in [5, 5.41) is 9.91. The zero-order valence-corrected chi connectivity index (χ0v) is 9.56. The summed E-state index contributed by atoms with van der Waals surface area (Å²) in [5.41, 5.74) is 0. The van der Waals surface area contributed by atoms with Crippen molar-refractivity contribution in [2.75, 3.05) is 45.9 Å². The van der Waals surface area contributed by atoms with Gasteiger partial charge in [-0.1, -0.05) is 6.92 Å². The maximum Gasteiger partial charge on any atom is 0.0739 e. The second-order valence-corrected chi connectivity index (χ2v) is 4.47. The van der Waals surface area contributed by atoms with E-state index in [4.69, 9.17) is 4.74 Å². The van der Waals surface area contributed by atoms with Gasteiger partial charge in [0.2, 0.25) is 0 Å². The number of hydrogen-bond donors (Lipinski definition) is 1. The van der Waals surface area contributed by atoms with E-state index in [1.807, 2.05) is 0 Å². The molecule has 0 aromatic rings. The molecule has 2 saturated heterocycles. The summed E-state index contributed by atoms with van der Waals surface area (Å²) in [7, 11) is 0. The third kappa shape index (κ3) is 2.69. The quantitative estimate of drug-likeness (QED) is 0.689. The van der Waals surface area contributed by atoms with E-state index in [0.29, 0.717) is 13.2 Å². The van der Waals surface area contributed by atoms with Crippen LogP contribution >= 0.6 is 0 Å². The van der Waals surface area contributed by atoms with Gasteiger partial charge in [-0.2, -0.15) is 0 Å². The highest BCUT2D eigenvalue weighted by atomic mass is 16.5. The van der Waals surface area contributed by atoms with Gasteiger partial charge in [0.1, 0.15) is 0 Å². The summed E-state index contributed by atoms with van der Waals surface area (Å²) in [6, 6.07) is 0.234. The molecule has 2 atom stereocenters. The highest BCUT2D eigenvalue weighted by molar-refractivity contribution is 4.85. The molecule has 4 nitrogen and oxygen atoms in total. The Morgan fingerprint density at radius 2 is 2.00 bits per heavy atom. The van der Waals surface area contributed by atoms with Gasteiger partial charge < -0.3 is 14.7 Å². The molecule has 2 fully saturated rings. The molecule has 15 heavy (non-hydrogen) atoms. The first-order valence-corrected chi connectivity index (χ1v) is 6.03. The Balaban J connectivity index is 1.83. The molecule has 0 spiro atoms. The number of aliphatic hydroxyl groups is 1. The van der Waals surface area contributed by atoms with Crippen LogP contribution in [-0.4, -0.2) is 73.0 Å². The predicted octanol–water partition coefficient (Wildman–Crippen LogP) is -0.226. The van der Waals surface area contributed by atoms with E-state index < -0.39 is 0 Å². The second kappa shape index (κ2) is 5.25. The van der Waals surface area contributed by atoms with Crippen LogP contribution in [0, 0.1) is 0 Å². The molecule has 2 rings (SSSR count). The number of piperazine rings is 1. The Labute approximate surface area is 91.8 Å². The third-order valence-electron chi connectivity index (χ3n) is 3.61. The van der Waals surface area contributed by atoms with E-state index in [0.717, 1.165) is 39.1 Å². The Kier molecular flexibility index (Phi) is 3.97. The largest absolute Gasteiger partial charge is 0.391 e. The maximum atomic E-state index is 9.91. The molecule has 2 aliphatic heterocycles. The van der Waals surface area contributed by atoms with E-state index in [1.165, 1.54) is 0 Å². The van der Waals surface area contributed by atoms with Crippen molar-refractivity contribution in [3.8, 4) is 0 Å². The van der Waals surface area contributed by atoms with Gasteiger partial charge >= 0.3 is 0 Å². The Hall–Kier alpha value is -0.160.